The van der Waals surface area contributed by atoms with Crippen LogP contribution in [0.1, 0.15) is 10.4 Å². The molecule has 98 valence electrons. The summed E-state index contributed by atoms with van der Waals surface area (Å²) in [5.41, 5.74) is 7.29. The van der Waals surface area contributed by atoms with Gasteiger partial charge in [-0.3, -0.25) is 4.79 Å². The number of amides is 1. The lowest BCUT2D eigenvalue weighted by atomic mass is 10.2. The predicted molar refractivity (Wildman–Crippen MR) is 80.7 cm³/mol. The summed E-state index contributed by atoms with van der Waals surface area (Å²) in [6.07, 6.45) is 3.38. The number of nitrogen functional groups attached to an aromatic ring is 1. The van der Waals surface area contributed by atoms with Crippen molar-refractivity contribution in [3.8, 4) is 0 Å². The minimum absolute atomic E-state index is 0.00905. The Morgan fingerprint density at radius 2 is 2.05 bits per heavy atom. The Hall–Kier alpha value is -2.07. The molecule has 1 aromatic heterocycles. The summed E-state index contributed by atoms with van der Waals surface area (Å²) in [6, 6.07) is 11.4. The van der Waals surface area contributed by atoms with Gasteiger partial charge in [-0.1, -0.05) is 18.2 Å². The van der Waals surface area contributed by atoms with Gasteiger partial charge in [0, 0.05) is 23.7 Å². The molecule has 2 rings (SSSR count). The van der Waals surface area contributed by atoms with Gasteiger partial charge in [0.25, 0.3) is 0 Å². The number of thiophene rings is 1. The third kappa shape index (κ3) is 3.96. The highest BCUT2D eigenvalue weighted by Crippen LogP contribution is 2.11. The maximum atomic E-state index is 11.9. The summed E-state index contributed by atoms with van der Waals surface area (Å²) in [5, 5.41) is 2.01. The Morgan fingerprint density at radius 3 is 2.68 bits per heavy atom. The van der Waals surface area contributed by atoms with Gasteiger partial charge < -0.3 is 10.6 Å². The number of hydrogen-bond acceptors (Lipinski definition) is 3. The molecular formula is C15H16N2OS. The summed E-state index contributed by atoms with van der Waals surface area (Å²) in [7, 11) is 1.80. The highest BCUT2D eigenvalue weighted by Gasteiger charge is 2.05. The largest absolute Gasteiger partial charge is 0.399 e. The summed E-state index contributed by atoms with van der Waals surface area (Å²) in [6.45, 7) is 0.641. The Balaban J connectivity index is 1.94. The minimum Gasteiger partial charge on any atom is -0.399 e. The fraction of sp³-hybridized carbons (Fsp3) is 0.133. The lowest BCUT2D eigenvalue weighted by Gasteiger charge is -2.13. The topological polar surface area (TPSA) is 46.3 Å². The zero-order valence-corrected chi connectivity index (χ0v) is 11.6. The van der Waals surface area contributed by atoms with Crippen LogP contribution in [0, 0.1) is 0 Å². The normalized spacial score (nSPS) is 10.8. The van der Waals surface area contributed by atoms with E-state index in [0.29, 0.717) is 6.54 Å². The van der Waals surface area contributed by atoms with E-state index in [1.807, 2.05) is 41.8 Å². The average Bonchev–Trinajstić information content (AvgIpc) is 2.90. The molecule has 0 aliphatic rings. The van der Waals surface area contributed by atoms with Gasteiger partial charge in [-0.15, -0.1) is 11.3 Å². The van der Waals surface area contributed by atoms with Crippen LogP contribution < -0.4 is 5.73 Å². The quantitative estimate of drug-likeness (QED) is 0.687. The van der Waals surface area contributed by atoms with Crippen LogP contribution in [0.3, 0.4) is 0 Å². The van der Waals surface area contributed by atoms with E-state index in [9.17, 15) is 4.79 Å². The molecular weight excluding hydrogens is 256 g/mol. The molecule has 1 aromatic carbocycles. The van der Waals surface area contributed by atoms with Crippen molar-refractivity contribution >= 4 is 29.0 Å². The van der Waals surface area contributed by atoms with E-state index in [-0.39, 0.29) is 5.91 Å². The first-order valence-electron chi connectivity index (χ1n) is 5.96. The molecule has 0 aliphatic heterocycles. The maximum absolute atomic E-state index is 11.9. The number of rotatable bonds is 4. The summed E-state index contributed by atoms with van der Waals surface area (Å²) in [5.74, 6) is -0.00905. The number of nitrogens with two attached hydrogens (primary N) is 1. The molecule has 0 fully saturated rings. The van der Waals surface area contributed by atoms with Crippen LogP contribution in [-0.4, -0.2) is 17.9 Å². The number of nitrogens with zero attached hydrogens (tertiary/aromatic N) is 1. The molecule has 0 bridgehead atoms. The van der Waals surface area contributed by atoms with Crippen molar-refractivity contribution in [3.63, 3.8) is 0 Å². The van der Waals surface area contributed by atoms with Gasteiger partial charge in [0.05, 0.1) is 6.54 Å². The van der Waals surface area contributed by atoms with E-state index in [0.717, 1.165) is 11.3 Å². The number of carbonyl (C=O) groups excluding carboxylic acids is 1. The SMILES string of the molecule is CN(Cc1cccs1)C(=O)/C=C/c1ccc(N)cc1. The van der Waals surface area contributed by atoms with Crippen LogP contribution in [-0.2, 0) is 11.3 Å². The van der Waals surface area contributed by atoms with Crippen LogP contribution in [0.4, 0.5) is 5.69 Å². The molecule has 1 heterocycles. The van der Waals surface area contributed by atoms with Crippen LogP contribution in [0.25, 0.3) is 6.08 Å². The Kier molecular flexibility index (Phi) is 4.36. The summed E-state index contributed by atoms with van der Waals surface area (Å²) < 4.78 is 0. The van der Waals surface area contributed by atoms with Crippen LogP contribution in [0.2, 0.25) is 0 Å². The first kappa shape index (κ1) is 13.4. The number of carbonyl (C=O) groups is 1. The standard InChI is InChI=1S/C15H16N2OS/c1-17(11-14-3-2-10-19-14)15(18)9-6-12-4-7-13(16)8-5-12/h2-10H,11,16H2,1H3/b9-6+. The second kappa shape index (κ2) is 6.20. The monoisotopic (exact) mass is 272 g/mol. The molecule has 1 amide bonds. The van der Waals surface area contributed by atoms with Crippen molar-refractivity contribution in [2.75, 3.05) is 12.8 Å². The van der Waals surface area contributed by atoms with Crippen molar-refractivity contribution in [2.45, 2.75) is 6.54 Å². The van der Waals surface area contributed by atoms with Crippen molar-refractivity contribution in [1.29, 1.82) is 0 Å². The van der Waals surface area contributed by atoms with E-state index in [1.54, 1.807) is 35.4 Å². The fourth-order valence-corrected chi connectivity index (χ4v) is 2.37. The van der Waals surface area contributed by atoms with Gasteiger partial charge in [-0.25, -0.2) is 0 Å². The molecule has 0 radical (unpaired) electrons. The van der Waals surface area contributed by atoms with Crippen molar-refractivity contribution < 1.29 is 4.79 Å². The smallest absolute Gasteiger partial charge is 0.246 e. The van der Waals surface area contributed by atoms with E-state index in [2.05, 4.69) is 0 Å². The van der Waals surface area contributed by atoms with E-state index in [1.165, 1.54) is 4.88 Å². The number of likely N-dealkylation sites (N-methyl/N-ethyl adjacent to an activating group) is 1. The molecule has 2 aromatic rings. The van der Waals surface area contributed by atoms with Gasteiger partial charge in [-0.05, 0) is 35.2 Å². The van der Waals surface area contributed by atoms with Gasteiger partial charge in [0.2, 0.25) is 5.91 Å². The molecule has 19 heavy (non-hydrogen) atoms. The molecule has 4 heteroatoms. The highest BCUT2D eigenvalue weighted by molar-refractivity contribution is 7.09. The van der Waals surface area contributed by atoms with Crippen LogP contribution in [0.5, 0.6) is 0 Å². The molecule has 0 unspecified atom stereocenters. The van der Waals surface area contributed by atoms with Gasteiger partial charge in [0.1, 0.15) is 0 Å². The molecule has 2 N–H and O–H groups in total. The minimum atomic E-state index is -0.00905. The fourth-order valence-electron chi connectivity index (χ4n) is 1.62. The number of anilines is 1. The van der Waals surface area contributed by atoms with Crippen molar-refractivity contribution in [1.82, 2.24) is 4.90 Å². The zero-order chi connectivity index (χ0) is 13.7. The molecule has 0 saturated carbocycles. The first-order chi connectivity index (χ1) is 9.15. The molecule has 0 saturated heterocycles. The molecule has 0 aliphatic carbocycles. The predicted octanol–water partition coefficient (Wildman–Crippen LogP) is 3.00. The first-order valence-corrected chi connectivity index (χ1v) is 6.84. The highest BCUT2D eigenvalue weighted by atomic mass is 32.1. The molecule has 3 nitrogen and oxygen atoms in total. The van der Waals surface area contributed by atoms with Crippen LogP contribution in [0.15, 0.2) is 47.9 Å². The maximum Gasteiger partial charge on any atom is 0.246 e. The molecule has 0 spiro atoms. The third-order valence-corrected chi connectivity index (χ3v) is 3.57. The second-order valence-electron chi connectivity index (χ2n) is 4.27. The Morgan fingerprint density at radius 1 is 1.32 bits per heavy atom. The van der Waals surface area contributed by atoms with Crippen molar-refractivity contribution in [3.05, 3.63) is 58.3 Å². The zero-order valence-electron chi connectivity index (χ0n) is 10.7. The van der Waals surface area contributed by atoms with E-state index >= 15 is 0 Å². The Labute approximate surface area is 117 Å². The van der Waals surface area contributed by atoms with Gasteiger partial charge in [-0.2, -0.15) is 0 Å². The summed E-state index contributed by atoms with van der Waals surface area (Å²) in [4.78, 5) is 14.8. The summed E-state index contributed by atoms with van der Waals surface area (Å²) >= 11 is 1.65. The lowest BCUT2D eigenvalue weighted by molar-refractivity contribution is -0.125. The number of hydrogen-bond donors (Lipinski definition) is 1. The Bertz CT molecular complexity index is 558. The average molecular weight is 272 g/mol. The van der Waals surface area contributed by atoms with Gasteiger partial charge >= 0.3 is 0 Å². The van der Waals surface area contributed by atoms with Crippen LogP contribution >= 0.6 is 11.3 Å². The third-order valence-electron chi connectivity index (χ3n) is 2.70. The molecule has 0 atom stereocenters. The number of benzene rings is 1. The van der Waals surface area contributed by atoms with Gasteiger partial charge in [0.15, 0.2) is 0 Å². The lowest BCUT2D eigenvalue weighted by Crippen LogP contribution is -2.23. The van der Waals surface area contributed by atoms with E-state index < -0.39 is 0 Å². The van der Waals surface area contributed by atoms with Crippen molar-refractivity contribution in [2.24, 2.45) is 0 Å². The van der Waals surface area contributed by atoms with E-state index in [4.69, 9.17) is 5.73 Å². The second-order valence-corrected chi connectivity index (χ2v) is 5.31.